The number of aromatic hydroxyl groups is 3. The van der Waals surface area contributed by atoms with Gasteiger partial charge in [0.1, 0.15) is 53.6 Å². The summed E-state index contributed by atoms with van der Waals surface area (Å²) in [5, 5.41) is 88.2. The van der Waals surface area contributed by atoms with Gasteiger partial charge in [-0.25, -0.2) is 13.2 Å². The summed E-state index contributed by atoms with van der Waals surface area (Å²) in [5.41, 5.74) is -4.04. The van der Waals surface area contributed by atoms with Gasteiger partial charge in [0.25, 0.3) is 41.5 Å². The van der Waals surface area contributed by atoms with Crippen LogP contribution in [0.2, 0.25) is 0 Å². The van der Waals surface area contributed by atoms with E-state index < -0.39 is 316 Å². The van der Waals surface area contributed by atoms with Crippen LogP contribution in [0.5, 0.6) is 17.2 Å². The number of carbonyl (C=O) groups is 12. The third kappa shape index (κ3) is 22.5. The Morgan fingerprint density at radius 3 is 1.07 bits per heavy atom. The quantitative estimate of drug-likeness (QED) is 0.0395. The molecule has 702 valence electrons. The van der Waals surface area contributed by atoms with Crippen LogP contribution >= 0.6 is 0 Å². The Morgan fingerprint density at radius 1 is 0.408 bits per heavy atom. The summed E-state index contributed by atoms with van der Waals surface area (Å²) in [5.74, 6) is -40.5. The van der Waals surface area contributed by atoms with Crippen LogP contribution in [0.1, 0.15) is 121 Å². The van der Waals surface area contributed by atoms with Crippen LogP contribution in [0.4, 0.5) is 52.7 Å². The van der Waals surface area contributed by atoms with Crippen LogP contribution in [0, 0.1) is 94.3 Å². The van der Waals surface area contributed by atoms with Crippen molar-refractivity contribution in [1.82, 2.24) is 73.0 Å². The van der Waals surface area contributed by atoms with Crippen molar-refractivity contribution in [3.8, 4) is 17.2 Å². The molecule has 47 heteroatoms. The maximum absolute atomic E-state index is 14.6. The topological polar surface area (TPSA) is 516 Å². The first-order valence-corrected chi connectivity index (χ1v) is 40.5. The number of rotatable bonds is 15. The first-order valence-electron chi connectivity index (χ1n) is 40.5. The number of aliphatic hydroxyl groups is 3. The molecule has 3 aromatic heterocycles. The van der Waals surface area contributed by atoms with Gasteiger partial charge in [0.05, 0.1) is 95.1 Å². The number of esters is 1. The van der Waals surface area contributed by atoms with E-state index in [1.807, 2.05) is 0 Å². The maximum Gasteiger partial charge on any atom is 0.312 e. The number of aliphatic hydroxyl groups excluding tert-OH is 3. The SMILES string of the molecule is C[C@H]1NC(=O)C(C2CCC2)NC(=O)[C@H](C)[C@H](O)[C@H](Cc2c(F)nc(F)c(F)c2F)NC(=O)[C@H]1NC(=O)c1ccccc1O.C[C@H]1NC(=O)C(C2CCO2)N(C)C(=O)[C@H](C)[C@H](O)[C@H](Cc2c(F)nc(F)c(F)c2F)NC(=O)[C@H]1NC(=O)c1ccccc1O.C[C@H]1NC(=O)C(C2CCO2)OC(=O)[C@H](C)[C@H](O)[C@H](Cc2c(F)nc(F)c(F)c2F)NC(=O)[C@H]1NC(=O)c1ccccc1O. The van der Waals surface area contributed by atoms with Gasteiger partial charge in [-0.1, -0.05) is 56.7 Å². The molecule has 12 rings (SSSR count). The molecule has 6 aromatic rings. The molecule has 0 radical (unpaired) electrons. The van der Waals surface area contributed by atoms with Gasteiger partial charge in [-0.3, -0.25) is 57.5 Å². The third-order valence-corrected chi connectivity index (χ3v) is 23.1. The highest BCUT2D eigenvalue weighted by Gasteiger charge is 2.49. The van der Waals surface area contributed by atoms with Crippen molar-refractivity contribution in [3.63, 3.8) is 0 Å². The van der Waals surface area contributed by atoms with Gasteiger partial charge in [0, 0.05) is 62.6 Å². The Kier molecular flexibility index (Phi) is 32.5. The van der Waals surface area contributed by atoms with E-state index in [1.165, 1.54) is 114 Å². The fraction of sp³-hybridized carbons (Fsp3) is 0.458. The lowest BCUT2D eigenvalue weighted by Crippen LogP contribution is -2.66. The van der Waals surface area contributed by atoms with Crippen LogP contribution in [0.3, 0.4) is 0 Å². The van der Waals surface area contributed by atoms with Gasteiger partial charge >= 0.3 is 5.97 Å². The highest BCUT2D eigenvalue weighted by Crippen LogP contribution is 2.33. The Bertz CT molecular complexity index is 5110. The number of hydrogen-bond acceptors (Lipinski definition) is 24. The van der Waals surface area contributed by atoms with E-state index >= 15 is 0 Å². The second-order valence-electron chi connectivity index (χ2n) is 31.8. The number of amides is 11. The molecule has 11 amide bonds. The van der Waals surface area contributed by atoms with E-state index in [1.54, 1.807) is 0 Å². The highest BCUT2D eigenvalue weighted by molar-refractivity contribution is 6.02. The summed E-state index contributed by atoms with van der Waals surface area (Å²) in [4.78, 5) is 168. The monoisotopic (exact) mass is 1850 g/mol. The van der Waals surface area contributed by atoms with Crippen molar-refractivity contribution in [1.29, 1.82) is 0 Å². The maximum atomic E-state index is 14.6. The first kappa shape index (κ1) is 99.3. The fourth-order valence-electron chi connectivity index (χ4n) is 14.9. The third-order valence-electron chi connectivity index (χ3n) is 23.1. The van der Waals surface area contributed by atoms with Crippen LogP contribution in [0.15, 0.2) is 72.8 Å². The number of carbonyl (C=O) groups excluding carboxylic acids is 12. The summed E-state index contributed by atoms with van der Waals surface area (Å²) >= 11 is 0. The lowest BCUT2D eigenvalue weighted by atomic mass is 9.78. The molecule has 5 aliphatic heterocycles. The van der Waals surface area contributed by atoms with E-state index in [2.05, 4.69) is 68.1 Å². The standard InChI is InChI=1S/C28H31F4N5O7.C28H31F4N5O6.C27H28F4N4O8/c1-11-22(39)15(10-14-18(29)19(30)24(32)36-23(14)31)34-26(41)20(35-25(40)13-6-4-5-7-16(13)38)12(2)33-27(42)21(17-8-9-44-17)37(3)28(11)43;1-11-22(39)16(10-15-18(29)19(30)24(32)37-23(15)31)34-27(42)20(35-26(41)14-8-3-4-9-17(14)38)12(2)33-28(43)21(36-25(11)40)13-6-5-7-13;1-10-20(37)14(9-13-17(28)18(29)23(31)35-22(13)30)33-25(39)19(34-24(38)12-5-3-4-6-15(12)36)11(2)32-26(40)21(43-27(10)41)16-7-8-42-16/h4-7,11-12,15,17,20-22,38-39H,8-10H2,1-3H3,(H,33,42)(H,34,41)(H,35,40);3-4,8-9,11-13,16,20-22,38-39H,5-7,10H2,1-2H3,(H,33,43)(H,34,42)(H,35,41)(H,36,40);3-6,10-11,14,16,19-21,36-37H,7-9H2,1-2H3,(H,32,40)(H,33,39)(H,34,38)/t11-,12-,15+,17?,20+,21?,22+;11-,12-,16+,20+,21?,22+;10-,11-,14+,16?,19+,20+,21?/m111/s1. The van der Waals surface area contributed by atoms with Crippen molar-refractivity contribution >= 4 is 70.9 Å². The molecular weight excluding hydrogens is 1760 g/mol. The molecule has 16 N–H and O–H groups in total. The summed E-state index contributed by atoms with van der Waals surface area (Å²) in [6, 6.07) is 0.207. The molecule has 0 bridgehead atoms. The van der Waals surface area contributed by atoms with E-state index in [4.69, 9.17) is 14.2 Å². The van der Waals surface area contributed by atoms with Gasteiger partial charge in [-0.2, -0.15) is 54.5 Å². The Morgan fingerprint density at radius 2 is 0.738 bits per heavy atom. The smallest absolute Gasteiger partial charge is 0.312 e. The normalized spacial score (nSPS) is 27.9. The van der Waals surface area contributed by atoms with Gasteiger partial charge in [-0.05, 0) is 89.3 Å². The molecular formula is C83H90F12N14O21. The Labute approximate surface area is 730 Å². The summed E-state index contributed by atoms with van der Waals surface area (Å²) in [6.07, 6.45) is -9.11. The Hall–Kier alpha value is -12.9. The number of aromatic nitrogens is 3. The lowest BCUT2D eigenvalue weighted by Gasteiger charge is -2.41. The highest BCUT2D eigenvalue weighted by atomic mass is 19.2. The van der Waals surface area contributed by atoms with E-state index in [9.17, 15) is 141 Å². The van der Waals surface area contributed by atoms with Crippen molar-refractivity contribution in [3.05, 3.63) is 177 Å². The fourth-order valence-corrected chi connectivity index (χ4v) is 14.9. The molecule has 3 aromatic carbocycles. The van der Waals surface area contributed by atoms with Crippen LogP contribution < -0.4 is 53.2 Å². The number of nitrogens with zero attached hydrogens (tertiary/aromatic N) is 4. The molecule has 1 aliphatic carbocycles. The minimum atomic E-state index is -2.11. The number of halogens is 12. The number of benzene rings is 3. The van der Waals surface area contributed by atoms with Crippen LogP contribution in [0.25, 0.3) is 0 Å². The number of pyridine rings is 3. The predicted molar refractivity (Wildman–Crippen MR) is 420 cm³/mol. The largest absolute Gasteiger partial charge is 0.507 e. The summed E-state index contributed by atoms with van der Waals surface area (Å²) < 4.78 is 186. The number of nitrogens with one attached hydrogen (secondary N) is 10. The average molecular weight is 1850 g/mol. The number of cyclic esters (lactones) is 1. The predicted octanol–water partition coefficient (Wildman–Crippen LogP) is 1.66. The number of ether oxygens (including phenoxy) is 3. The van der Waals surface area contributed by atoms with E-state index in [0.29, 0.717) is 32.3 Å². The van der Waals surface area contributed by atoms with Crippen molar-refractivity contribution in [2.45, 2.75) is 196 Å². The molecule has 35 nitrogen and oxygen atoms in total. The van der Waals surface area contributed by atoms with Crippen molar-refractivity contribution in [2.24, 2.45) is 23.7 Å². The van der Waals surface area contributed by atoms with Gasteiger partial charge in [0.15, 0.2) is 17.5 Å². The number of hydrogen-bond donors (Lipinski definition) is 16. The molecule has 0 spiro atoms. The molecule has 6 fully saturated rings. The first-order chi connectivity index (χ1) is 61.3. The number of phenolic OH excluding ortho intramolecular Hbond substituents is 3. The molecule has 6 aliphatic rings. The zero-order valence-corrected chi connectivity index (χ0v) is 69.8. The summed E-state index contributed by atoms with van der Waals surface area (Å²) in [7, 11) is 1.29. The zero-order valence-electron chi connectivity index (χ0n) is 69.8. The number of para-hydroxylation sites is 3. The van der Waals surface area contributed by atoms with Gasteiger partial charge < -0.3 is 103 Å². The molecule has 8 heterocycles. The number of phenols is 3. The second kappa shape index (κ2) is 42.6. The van der Waals surface area contributed by atoms with Gasteiger partial charge in [0.2, 0.25) is 82.7 Å². The van der Waals surface area contributed by atoms with Crippen molar-refractivity contribution < 1.29 is 155 Å². The minimum absolute atomic E-state index is 0.207. The zero-order chi connectivity index (χ0) is 95.6. The molecule has 1 saturated carbocycles. The van der Waals surface area contributed by atoms with Crippen molar-refractivity contribution in [2.75, 3.05) is 20.3 Å². The van der Waals surface area contributed by atoms with E-state index in [0.717, 1.165) is 18.2 Å². The average Bonchev–Trinajstić information content (AvgIpc) is 0.813. The Balaban J connectivity index is 0.000000203. The summed E-state index contributed by atoms with van der Waals surface area (Å²) in [6.45, 7) is 8.25. The van der Waals surface area contributed by atoms with Crippen LogP contribution in [-0.2, 0) is 76.6 Å². The van der Waals surface area contributed by atoms with Crippen LogP contribution in [-0.4, -0.2) is 245 Å². The molecule has 130 heavy (non-hydrogen) atoms. The number of likely N-dealkylation sites (N-methyl/N-ethyl adjacent to an activating group) is 1. The molecule has 20 atom stereocenters. The lowest BCUT2D eigenvalue weighted by molar-refractivity contribution is -0.184. The molecule has 5 saturated heterocycles. The minimum Gasteiger partial charge on any atom is -0.507 e. The van der Waals surface area contributed by atoms with Gasteiger partial charge in [-0.15, -0.1) is 0 Å². The molecule has 5 unspecified atom stereocenters. The van der Waals surface area contributed by atoms with E-state index in [-0.39, 0.29) is 29.2 Å². The second-order valence-corrected chi connectivity index (χ2v) is 31.8.